The predicted molar refractivity (Wildman–Crippen MR) is 87.6 cm³/mol. The lowest BCUT2D eigenvalue weighted by molar-refractivity contribution is -0.146. The number of amides is 2. The molecule has 0 aromatic rings. The third-order valence-electron chi connectivity index (χ3n) is 3.67. The van der Waals surface area contributed by atoms with Gasteiger partial charge in [-0.2, -0.15) is 0 Å². The molecule has 1 fully saturated rings. The van der Waals surface area contributed by atoms with Gasteiger partial charge in [0.15, 0.2) is 5.96 Å². The largest absolute Gasteiger partial charge is 0.467 e. The summed E-state index contributed by atoms with van der Waals surface area (Å²) in [6.07, 6.45) is 2.18. The molecule has 2 atom stereocenters. The number of aliphatic imine (C=N–C) groups is 1. The Morgan fingerprint density at radius 2 is 2.17 bits per heavy atom. The number of nitrogens with one attached hydrogen (secondary N) is 1. The number of nitrogens with zero attached hydrogens (tertiary/aromatic N) is 2. The molecule has 0 spiro atoms. The number of likely N-dealkylation sites (tertiary alicyclic amines) is 1. The number of piperidine rings is 1. The van der Waals surface area contributed by atoms with Crippen LogP contribution in [-0.4, -0.2) is 67.5 Å². The molecular weight excluding hydrogens is 316 g/mol. The van der Waals surface area contributed by atoms with Crippen molar-refractivity contribution in [1.82, 2.24) is 10.2 Å². The van der Waals surface area contributed by atoms with Crippen molar-refractivity contribution in [2.24, 2.45) is 22.2 Å². The Labute approximate surface area is 140 Å². The Morgan fingerprint density at radius 1 is 1.46 bits per heavy atom. The molecule has 7 N–H and O–H groups in total. The lowest BCUT2D eigenvalue weighted by atomic mass is 10.1. The highest BCUT2D eigenvalue weighted by atomic mass is 16.5. The van der Waals surface area contributed by atoms with Crippen LogP contribution in [0.15, 0.2) is 4.99 Å². The molecule has 0 aromatic heterocycles. The van der Waals surface area contributed by atoms with E-state index in [2.05, 4.69) is 15.0 Å². The number of esters is 1. The summed E-state index contributed by atoms with van der Waals surface area (Å²) in [4.78, 5) is 41.0. The van der Waals surface area contributed by atoms with Crippen LogP contribution in [0.1, 0.15) is 25.7 Å². The van der Waals surface area contributed by atoms with Crippen molar-refractivity contribution in [3.05, 3.63) is 0 Å². The van der Waals surface area contributed by atoms with Gasteiger partial charge in [-0.25, -0.2) is 4.79 Å². The number of nitrogens with two attached hydrogens (primary N) is 3. The number of hydrogen-bond acceptors (Lipinski definition) is 6. The zero-order chi connectivity index (χ0) is 18.1. The first kappa shape index (κ1) is 19.7. The van der Waals surface area contributed by atoms with Crippen molar-refractivity contribution >= 4 is 23.7 Å². The molecule has 1 saturated heterocycles. The van der Waals surface area contributed by atoms with Crippen LogP contribution >= 0.6 is 0 Å². The van der Waals surface area contributed by atoms with E-state index in [9.17, 15) is 14.4 Å². The number of carbonyl (C=O) groups excluding carboxylic acids is 3. The van der Waals surface area contributed by atoms with Gasteiger partial charge in [-0.05, 0) is 25.7 Å². The van der Waals surface area contributed by atoms with E-state index in [0.717, 1.165) is 6.42 Å². The van der Waals surface area contributed by atoms with Crippen LogP contribution in [0.25, 0.3) is 0 Å². The van der Waals surface area contributed by atoms with Crippen LogP contribution in [0.4, 0.5) is 0 Å². The van der Waals surface area contributed by atoms with Gasteiger partial charge in [0, 0.05) is 13.1 Å². The number of carbonyl (C=O) groups is 3. The van der Waals surface area contributed by atoms with Crippen molar-refractivity contribution in [2.75, 3.05) is 26.7 Å². The van der Waals surface area contributed by atoms with Crippen LogP contribution in [0, 0.1) is 0 Å². The van der Waals surface area contributed by atoms with E-state index in [1.807, 2.05) is 0 Å². The van der Waals surface area contributed by atoms with Crippen molar-refractivity contribution in [1.29, 1.82) is 0 Å². The highest BCUT2D eigenvalue weighted by Gasteiger charge is 2.28. The molecule has 2 amide bonds. The van der Waals surface area contributed by atoms with Gasteiger partial charge < -0.3 is 32.2 Å². The number of guanidine groups is 1. The zero-order valence-corrected chi connectivity index (χ0v) is 13.9. The van der Waals surface area contributed by atoms with Crippen molar-refractivity contribution < 1.29 is 19.1 Å². The minimum absolute atomic E-state index is 0.0337. The quantitative estimate of drug-likeness (QED) is 0.166. The number of hydrogen-bond donors (Lipinski definition) is 4. The smallest absolute Gasteiger partial charge is 0.328 e. The summed E-state index contributed by atoms with van der Waals surface area (Å²) < 4.78 is 4.68. The Hall–Kier alpha value is -2.36. The van der Waals surface area contributed by atoms with E-state index in [-0.39, 0.29) is 18.4 Å². The molecule has 0 bridgehead atoms. The number of rotatable bonds is 8. The van der Waals surface area contributed by atoms with Crippen LogP contribution in [0.5, 0.6) is 0 Å². The van der Waals surface area contributed by atoms with E-state index in [0.29, 0.717) is 32.4 Å². The van der Waals surface area contributed by atoms with Crippen molar-refractivity contribution in [3.63, 3.8) is 0 Å². The lowest BCUT2D eigenvalue weighted by Crippen LogP contribution is -2.53. The Bertz CT molecular complexity index is 492. The van der Waals surface area contributed by atoms with Gasteiger partial charge in [-0.15, -0.1) is 0 Å². The predicted octanol–water partition coefficient (Wildman–Crippen LogP) is -2.35. The summed E-state index contributed by atoms with van der Waals surface area (Å²) in [5.74, 6) is -1.28. The van der Waals surface area contributed by atoms with Gasteiger partial charge in [0.1, 0.15) is 6.04 Å². The van der Waals surface area contributed by atoms with Gasteiger partial charge in [-0.1, -0.05) is 0 Å². The summed E-state index contributed by atoms with van der Waals surface area (Å²) in [6, 6.07) is -1.38. The molecule has 24 heavy (non-hydrogen) atoms. The molecule has 1 aliphatic rings. The Balaban J connectivity index is 2.52. The van der Waals surface area contributed by atoms with Crippen molar-refractivity contribution in [2.45, 2.75) is 37.8 Å². The Kier molecular flexibility index (Phi) is 7.96. The normalized spacial score (nSPS) is 18.7. The molecule has 136 valence electrons. The number of ether oxygens (including phenoxy) is 1. The topological polar surface area (TPSA) is 166 Å². The van der Waals surface area contributed by atoms with Crippen molar-refractivity contribution in [3.8, 4) is 0 Å². The molecule has 0 saturated carbocycles. The third-order valence-corrected chi connectivity index (χ3v) is 3.67. The molecule has 10 heteroatoms. The van der Waals surface area contributed by atoms with Crippen LogP contribution in [0.3, 0.4) is 0 Å². The van der Waals surface area contributed by atoms with Crippen LogP contribution in [0.2, 0.25) is 0 Å². The molecule has 0 aliphatic carbocycles. The second kappa shape index (κ2) is 9.71. The van der Waals surface area contributed by atoms with E-state index in [1.54, 1.807) is 0 Å². The average molecular weight is 342 g/mol. The summed E-state index contributed by atoms with van der Waals surface area (Å²) in [5, 5.41) is 2.58. The maximum atomic E-state index is 12.1. The zero-order valence-electron chi connectivity index (χ0n) is 13.9. The lowest BCUT2D eigenvalue weighted by Gasteiger charge is -2.30. The fourth-order valence-corrected chi connectivity index (χ4v) is 2.44. The molecule has 1 aliphatic heterocycles. The van der Waals surface area contributed by atoms with E-state index in [4.69, 9.17) is 17.2 Å². The first-order valence-corrected chi connectivity index (χ1v) is 7.82. The van der Waals surface area contributed by atoms with Crippen LogP contribution in [-0.2, 0) is 19.1 Å². The van der Waals surface area contributed by atoms with Gasteiger partial charge in [-0.3, -0.25) is 14.6 Å². The Morgan fingerprint density at radius 3 is 2.79 bits per heavy atom. The monoisotopic (exact) mass is 342 g/mol. The second-order valence-electron chi connectivity index (χ2n) is 5.60. The maximum absolute atomic E-state index is 12.1. The average Bonchev–Trinajstić information content (AvgIpc) is 2.53. The standard InChI is InChI=1S/C14H26N6O4/c1-24-13(23)10(5-2-6-18-14(16)17)19-11(21)8-20-7-3-4-9(15)12(20)22/h9-10H,2-8,15H2,1H3,(H,19,21)(H4,16,17,18)/t9?,10-/m0/s1. The van der Waals surface area contributed by atoms with Gasteiger partial charge in [0.2, 0.25) is 11.8 Å². The minimum Gasteiger partial charge on any atom is -0.467 e. The second-order valence-corrected chi connectivity index (χ2v) is 5.60. The van der Waals surface area contributed by atoms with E-state index in [1.165, 1.54) is 12.0 Å². The molecule has 0 radical (unpaired) electrons. The van der Waals surface area contributed by atoms with Crippen LogP contribution < -0.4 is 22.5 Å². The van der Waals surface area contributed by atoms with Gasteiger partial charge in [0.25, 0.3) is 0 Å². The highest BCUT2D eigenvalue weighted by Crippen LogP contribution is 2.09. The molecular formula is C14H26N6O4. The highest BCUT2D eigenvalue weighted by molar-refractivity contribution is 5.90. The van der Waals surface area contributed by atoms with E-state index >= 15 is 0 Å². The summed E-state index contributed by atoms with van der Waals surface area (Å²) in [7, 11) is 1.24. The first-order valence-electron chi connectivity index (χ1n) is 7.82. The third kappa shape index (κ3) is 6.41. The summed E-state index contributed by atoms with van der Waals surface area (Å²) in [5.41, 5.74) is 16.1. The SMILES string of the molecule is COC(=O)[C@H](CCCN=C(N)N)NC(=O)CN1CCCC(N)C1=O. The fourth-order valence-electron chi connectivity index (χ4n) is 2.44. The molecule has 1 heterocycles. The summed E-state index contributed by atoms with van der Waals surface area (Å²) in [6.45, 7) is 0.687. The molecule has 0 aromatic carbocycles. The van der Waals surface area contributed by atoms with Gasteiger partial charge >= 0.3 is 5.97 Å². The maximum Gasteiger partial charge on any atom is 0.328 e. The molecule has 10 nitrogen and oxygen atoms in total. The number of methoxy groups -OCH3 is 1. The minimum atomic E-state index is -0.815. The van der Waals surface area contributed by atoms with E-state index < -0.39 is 24.0 Å². The first-order chi connectivity index (χ1) is 11.3. The molecule has 1 unspecified atom stereocenters. The summed E-state index contributed by atoms with van der Waals surface area (Å²) >= 11 is 0. The van der Waals surface area contributed by atoms with Gasteiger partial charge in [0.05, 0.1) is 19.7 Å². The molecule has 1 rings (SSSR count). The fraction of sp³-hybridized carbons (Fsp3) is 0.714.